The molecule has 1 aromatic carbocycles. The zero-order valence-corrected chi connectivity index (χ0v) is 10.8. The third-order valence-corrected chi connectivity index (χ3v) is 3.51. The Morgan fingerprint density at radius 3 is 2.40 bits per heavy atom. The molecule has 1 aliphatic rings. The van der Waals surface area contributed by atoms with E-state index in [1.807, 2.05) is 0 Å². The van der Waals surface area contributed by atoms with Crippen LogP contribution in [-0.4, -0.2) is 21.8 Å². The van der Waals surface area contributed by atoms with Crippen molar-refractivity contribution >= 4 is 28.4 Å². The number of carbonyl (C=O) groups excluding carboxylic acids is 1. The van der Waals surface area contributed by atoms with Gasteiger partial charge in [-0.25, -0.2) is 4.99 Å². The quantitative estimate of drug-likeness (QED) is 0.882. The minimum atomic E-state index is -4.41. The van der Waals surface area contributed by atoms with Crippen molar-refractivity contribution in [1.29, 1.82) is 0 Å². The lowest BCUT2D eigenvalue weighted by molar-refractivity contribution is -0.137. The maximum Gasteiger partial charge on any atom is 0.416 e. The van der Waals surface area contributed by atoms with Crippen molar-refractivity contribution in [2.24, 2.45) is 10.7 Å². The van der Waals surface area contributed by atoms with Crippen LogP contribution in [0.25, 0.3) is 0 Å². The maximum atomic E-state index is 12.4. The standard InChI is InChI=1S/C12H9F3N2O2S/c13-12(14,15)6-1-3-7(4-2-6)17-11-9(10(16)19)8(18)5-20-11/h1-4,18H,5H2,(H2,16,19). The van der Waals surface area contributed by atoms with Gasteiger partial charge < -0.3 is 10.8 Å². The molecule has 4 nitrogen and oxygen atoms in total. The monoisotopic (exact) mass is 302 g/mol. The van der Waals surface area contributed by atoms with Gasteiger partial charge in [-0.3, -0.25) is 4.79 Å². The molecule has 1 aliphatic heterocycles. The first kappa shape index (κ1) is 14.4. The minimum absolute atomic E-state index is 0.0881. The van der Waals surface area contributed by atoms with Crippen LogP contribution in [0.15, 0.2) is 40.6 Å². The van der Waals surface area contributed by atoms with Crippen LogP contribution >= 0.6 is 11.8 Å². The number of alkyl halides is 3. The van der Waals surface area contributed by atoms with Crippen molar-refractivity contribution in [2.45, 2.75) is 6.18 Å². The van der Waals surface area contributed by atoms with Gasteiger partial charge in [0.1, 0.15) is 16.4 Å². The fourth-order valence-corrected chi connectivity index (χ4v) is 2.53. The smallest absolute Gasteiger partial charge is 0.416 e. The molecule has 8 heteroatoms. The number of thioether (sulfide) groups is 1. The minimum Gasteiger partial charge on any atom is -0.510 e. The van der Waals surface area contributed by atoms with Crippen LogP contribution in [-0.2, 0) is 11.0 Å². The molecule has 0 saturated heterocycles. The van der Waals surface area contributed by atoms with Crippen LogP contribution in [0.4, 0.5) is 18.9 Å². The van der Waals surface area contributed by atoms with Crippen molar-refractivity contribution in [1.82, 2.24) is 0 Å². The van der Waals surface area contributed by atoms with Gasteiger partial charge in [0.25, 0.3) is 5.91 Å². The number of hydrogen-bond acceptors (Lipinski definition) is 4. The van der Waals surface area contributed by atoms with Gasteiger partial charge in [0.2, 0.25) is 0 Å². The molecule has 1 aromatic rings. The average molecular weight is 302 g/mol. The Bertz CT molecular complexity index is 606. The number of amides is 1. The van der Waals surface area contributed by atoms with E-state index in [9.17, 15) is 23.1 Å². The number of nitrogens with zero attached hydrogens (tertiary/aromatic N) is 1. The summed E-state index contributed by atoms with van der Waals surface area (Å²) in [6.07, 6.45) is -4.41. The molecule has 106 valence electrons. The first-order valence-corrected chi connectivity index (χ1v) is 6.38. The molecule has 0 bridgehead atoms. The number of nitrogens with two attached hydrogens (primary N) is 1. The van der Waals surface area contributed by atoms with E-state index in [0.717, 1.165) is 23.9 Å². The Balaban J connectivity index is 2.30. The Labute approximate surface area is 116 Å². The third kappa shape index (κ3) is 2.96. The van der Waals surface area contributed by atoms with E-state index >= 15 is 0 Å². The van der Waals surface area contributed by atoms with E-state index in [-0.39, 0.29) is 27.8 Å². The highest BCUT2D eigenvalue weighted by Crippen LogP contribution is 2.32. The Kier molecular flexibility index (Phi) is 3.76. The van der Waals surface area contributed by atoms with Crippen molar-refractivity contribution in [3.63, 3.8) is 0 Å². The summed E-state index contributed by atoms with van der Waals surface area (Å²) in [7, 11) is 0. The van der Waals surface area contributed by atoms with Crippen LogP contribution in [0.5, 0.6) is 0 Å². The molecule has 1 heterocycles. The molecule has 0 fully saturated rings. The van der Waals surface area contributed by atoms with Gasteiger partial charge in [0.15, 0.2) is 0 Å². The molecule has 1 amide bonds. The molecule has 20 heavy (non-hydrogen) atoms. The average Bonchev–Trinajstić information content (AvgIpc) is 2.70. The Morgan fingerprint density at radius 2 is 1.90 bits per heavy atom. The SMILES string of the molecule is NC(=O)C1=C(O)CSC1=Nc1ccc(C(F)(F)F)cc1. The van der Waals surface area contributed by atoms with Crippen molar-refractivity contribution in [3.05, 3.63) is 41.2 Å². The summed E-state index contributed by atoms with van der Waals surface area (Å²) >= 11 is 1.09. The lowest BCUT2D eigenvalue weighted by Crippen LogP contribution is -2.18. The fraction of sp³-hybridized carbons (Fsp3) is 0.167. The molecule has 3 N–H and O–H groups in total. The second kappa shape index (κ2) is 5.20. The molecule has 0 atom stereocenters. The third-order valence-electron chi connectivity index (χ3n) is 2.52. The second-order valence-electron chi connectivity index (χ2n) is 3.94. The lowest BCUT2D eigenvalue weighted by atomic mass is 10.2. The molecule has 0 aliphatic carbocycles. The number of rotatable bonds is 2. The van der Waals surface area contributed by atoms with Crippen molar-refractivity contribution < 1.29 is 23.1 Å². The summed E-state index contributed by atoms with van der Waals surface area (Å²) in [5, 5.41) is 9.69. The van der Waals surface area contributed by atoms with Crippen LogP contribution in [0.1, 0.15) is 5.56 Å². The summed E-state index contributed by atoms with van der Waals surface area (Å²) in [5.41, 5.74) is 4.49. The van der Waals surface area contributed by atoms with Crippen LogP contribution < -0.4 is 5.73 Å². The van der Waals surface area contributed by atoms with E-state index in [4.69, 9.17) is 5.73 Å². The Morgan fingerprint density at radius 1 is 1.30 bits per heavy atom. The number of carbonyl (C=O) groups is 1. The van der Waals surface area contributed by atoms with Gasteiger partial charge in [-0.15, -0.1) is 0 Å². The summed E-state index contributed by atoms with van der Waals surface area (Å²) in [6, 6.07) is 4.16. The Hall–Kier alpha value is -1.96. The number of aliphatic hydroxyl groups excluding tert-OH is 1. The highest BCUT2D eigenvalue weighted by atomic mass is 32.2. The molecule has 2 rings (SSSR count). The number of primary amides is 1. The first-order chi connectivity index (χ1) is 9.29. The number of aliphatic hydroxyl groups is 1. The number of benzene rings is 1. The molecular weight excluding hydrogens is 293 g/mol. The van der Waals surface area contributed by atoms with Crippen LogP contribution in [0.2, 0.25) is 0 Å². The van der Waals surface area contributed by atoms with Gasteiger partial charge in [0.05, 0.1) is 17.0 Å². The number of aliphatic imine (C=N–C) groups is 1. The zero-order valence-electron chi connectivity index (χ0n) is 9.94. The van der Waals surface area contributed by atoms with Gasteiger partial charge in [-0.1, -0.05) is 11.8 Å². The van der Waals surface area contributed by atoms with E-state index < -0.39 is 17.6 Å². The van der Waals surface area contributed by atoms with Crippen LogP contribution in [0, 0.1) is 0 Å². The topological polar surface area (TPSA) is 75.7 Å². The summed E-state index contributed by atoms with van der Waals surface area (Å²) in [5.74, 6) is -0.830. The molecule has 0 saturated carbocycles. The zero-order chi connectivity index (χ0) is 14.9. The molecule has 0 radical (unpaired) electrons. The maximum absolute atomic E-state index is 12.4. The molecule has 0 spiro atoms. The predicted molar refractivity (Wildman–Crippen MR) is 69.8 cm³/mol. The first-order valence-electron chi connectivity index (χ1n) is 5.40. The fourth-order valence-electron chi connectivity index (χ4n) is 1.58. The van der Waals surface area contributed by atoms with Crippen LogP contribution in [0.3, 0.4) is 0 Å². The molecular formula is C12H9F3N2O2S. The highest BCUT2D eigenvalue weighted by Gasteiger charge is 2.30. The normalized spacial score (nSPS) is 17.9. The van der Waals surface area contributed by atoms with Crippen molar-refractivity contribution in [3.8, 4) is 0 Å². The molecule has 0 unspecified atom stereocenters. The van der Waals surface area contributed by atoms with E-state index in [1.165, 1.54) is 12.1 Å². The number of hydrogen-bond donors (Lipinski definition) is 2. The van der Waals surface area contributed by atoms with Crippen molar-refractivity contribution in [2.75, 3.05) is 5.75 Å². The summed E-state index contributed by atoms with van der Waals surface area (Å²) < 4.78 is 37.2. The highest BCUT2D eigenvalue weighted by molar-refractivity contribution is 8.15. The molecule has 0 aromatic heterocycles. The van der Waals surface area contributed by atoms with Gasteiger partial charge in [-0.05, 0) is 24.3 Å². The van der Waals surface area contributed by atoms with Gasteiger partial charge >= 0.3 is 6.18 Å². The van der Waals surface area contributed by atoms with Gasteiger partial charge in [0, 0.05) is 0 Å². The van der Waals surface area contributed by atoms with Gasteiger partial charge in [-0.2, -0.15) is 13.2 Å². The number of halogens is 3. The summed E-state index contributed by atoms with van der Waals surface area (Å²) in [4.78, 5) is 15.2. The second-order valence-corrected chi connectivity index (χ2v) is 4.90. The van der Waals surface area contributed by atoms with E-state index in [0.29, 0.717) is 0 Å². The largest absolute Gasteiger partial charge is 0.510 e. The van der Waals surface area contributed by atoms with E-state index in [2.05, 4.69) is 4.99 Å². The lowest BCUT2D eigenvalue weighted by Gasteiger charge is -2.06. The van der Waals surface area contributed by atoms with E-state index in [1.54, 1.807) is 0 Å². The predicted octanol–water partition coefficient (Wildman–Crippen LogP) is 2.78. The summed E-state index contributed by atoms with van der Waals surface area (Å²) in [6.45, 7) is 0.